The maximum absolute atomic E-state index is 6.07. The molecule has 3 heteroatoms. The van der Waals surface area contributed by atoms with Crippen LogP contribution in [0.2, 0.25) is 10.0 Å². The third-order valence-corrected chi connectivity index (χ3v) is 3.36. The first-order valence-corrected chi connectivity index (χ1v) is 5.73. The summed E-state index contributed by atoms with van der Waals surface area (Å²) < 4.78 is 0. The predicted molar refractivity (Wildman–Crippen MR) is 64.7 cm³/mol. The fourth-order valence-electron chi connectivity index (χ4n) is 1.23. The summed E-state index contributed by atoms with van der Waals surface area (Å²) in [6.45, 7) is 4.23. The molecule has 0 aliphatic heterocycles. The van der Waals surface area contributed by atoms with Crippen molar-refractivity contribution in [2.75, 3.05) is 5.88 Å². The Morgan fingerprint density at radius 3 is 2.36 bits per heavy atom. The molecule has 0 aromatic heterocycles. The molecule has 0 N–H and O–H groups in total. The van der Waals surface area contributed by atoms with Crippen LogP contribution in [-0.4, -0.2) is 5.88 Å². The molecule has 1 aromatic rings. The largest absolute Gasteiger partial charge is 0.126 e. The van der Waals surface area contributed by atoms with Crippen LogP contribution in [0.5, 0.6) is 0 Å². The quantitative estimate of drug-likeness (QED) is 0.677. The van der Waals surface area contributed by atoms with Crippen molar-refractivity contribution in [2.45, 2.75) is 20.3 Å². The van der Waals surface area contributed by atoms with Crippen LogP contribution in [0.3, 0.4) is 0 Å². The van der Waals surface area contributed by atoms with E-state index in [1.807, 2.05) is 12.1 Å². The van der Waals surface area contributed by atoms with E-state index in [9.17, 15) is 0 Å². The second-order valence-electron chi connectivity index (χ2n) is 4.21. The summed E-state index contributed by atoms with van der Waals surface area (Å²) in [7, 11) is 0. The Balaban J connectivity index is 2.87. The molecular formula is C11H13Cl3. The van der Waals surface area contributed by atoms with Gasteiger partial charge in [0.25, 0.3) is 0 Å². The van der Waals surface area contributed by atoms with Gasteiger partial charge in [-0.05, 0) is 29.5 Å². The zero-order chi connectivity index (χ0) is 10.8. The van der Waals surface area contributed by atoms with Gasteiger partial charge < -0.3 is 0 Å². The molecule has 0 aliphatic rings. The fourth-order valence-corrected chi connectivity index (χ4v) is 1.80. The number of alkyl halides is 1. The Hall–Kier alpha value is 0.0900. The summed E-state index contributed by atoms with van der Waals surface area (Å²) in [5.41, 5.74) is 1.17. The van der Waals surface area contributed by atoms with Gasteiger partial charge in [0.2, 0.25) is 0 Å². The minimum Gasteiger partial charge on any atom is -0.126 e. The van der Waals surface area contributed by atoms with Crippen LogP contribution in [0.1, 0.15) is 19.4 Å². The van der Waals surface area contributed by atoms with E-state index in [0.717, 1.165) is 17.0 Å². The summed E-state index contributed by atoms with van der Waals surface area (Å²) in [6.07, 6.45) is 0.868. The van der Waals surface area contributed by atoms with Gasteiger partial charge in [0.1, 0.15) is 0 Å². The average Bonchev–Trinajstić information content (AvgIpc) is 2.10. The van der Waals surface area contributed by atoms with Gasteiger partial charge in [-0.2, -0.15) is 0 Å². The monoisotopic (exact) mass is 250 g/mol. The van der Waals surface area contributed by atoms with Gasteiger partial charge in [0.15, 0.2) is 0 Å². The first kappa shape index (κ1) is 12.2. The molecule has 0 fully saturated rings. The van der Waals surface area contributed by atoms with E-state index in [1.165, 1.54) is 0 Å². The second kappa shape index (κ2) is 4.74. The van der Waals surface area contributed by atoms with Crippen molar-refractivity contribution in [1.82, 2.24) is 0 Å². The van der Waals surface area contributed by atoms with E-state index in [2.05, 4.69) is 13.8 Å². The number of hydrogen-bond acceptors (Lipinski definition) is 0. The predicted octanol–water partition coefficient (Wildman–Crippen LogP) is 4.80. The van der Waals surface area contributed by atoms with Gasteiger partial charge in [-0.15, -0.1) is 11.6 Å². The Morgan fingerprint density at radius 2 is 1.86 bits per heavy atom. The minimum atomic E-state index is 0.0685. The van der Waals surface area contributed by atoms with Crippen molar-refractivity contribution in [3.63, 3.8) is 0 Å². The van der Waals surface area contributed by atoms with Gasteiger partial charge in [-0.3, -0.25) is 0 Å². The van der Waals surface area contributed by atoms with E-state index >= 15 is 0 Å². The molecule has 0 amide bonds. The van der Waals surface area contributed by atoms with Crippen molar-refractivity contribution in [1.29, 1.82) is 0 Å². The summed E-state index contributed by atoms with van der Waals surface area (Å²) >= 11 is 17.7. The lowest BCUT2D eigenvalue weighted by Gasteiger charge is -2.21. The minimum absolute atomic E-state index is 0.0685. The van der Waals surface area contributed by atoms with Crippen LogP contribution in [0.4, 0.5) is 0 Å². The van der Waals surface area contributed by atoms with Gasteiger partial charge in [-0.25, -0.2) is 0 Å². The Bertz CT molecular complexity index is 318. The molecular weight excluding hydrogens is 238 g/mol. The van der Waals surface area contributed by atoms with E-state index in [1.54, 1.807) is 6.07 Å². The summed E-state index contributed by atoms with van der Waals surface area (Å²) in [5, 5.41) is 1.39. The van der Waals surface area contributed by atoms with Crippen molar-refractivity contribution >= 4 is 34.8 Å². The molecule has 0 aliphatic carbocycles. The molecule has 0 spiro atoms. The van der Waals surface area contributed by atoms with Crippen LogP contribution in [0.15, 0.2) is 18.2 Å². The van der Waals surface area contributed by atoms with Gasteiger partial charge in [0, 0.05) is 15.9 Å². The van der Waals surface area contributed by atoms with Crippen molar-refractivity contribution in [2.24, 2.45) is 5.41 Å². The molecule has 0 heterocycles. The van der Waals surface area contributed by atoms with Crippen LogP contribution in [0.25, 0.3) is 0 Å². The first-order chi connectivity index (χ1) is 6.44. The molecule has 1 rings (SSSR count). The fraction of sp³-hybridized carbons (Fsp3) is 0.455. The lowest BCUT2D eigenvalue weighted by atomic mass is 9.88. The Morgan fingerprint density at radius 1 is 1.21 bits per heavy atom. The lowest BCUT2D eigenvalue weighted by molar-refractivity contribution is 0.418. The Labute approximate surface area is 100 Å². The van der Waals surface area contributed by atoms with Crippen LogP contribution in [0, 0.1) is 5.41 Å². The third kappa shape index (κ3) is 3.34. The van der Waals surface area contributed by atoms with Gasteiger partial charge in [-0.1, -0.05) is 43.1 Å². The van der Waals surface area contributed by atoms with Crippen molar-refractivity contribution in [3.8, 4) is 0 Å². The zero-order valence-corrected chi connectivity index (χ0v) is 10.5. The lowest BCUT2D eigenvalue weighted by Crippen LogP contribution is -2.16. The molecule has 0 radical (unpaired) electrons. The molecule has 14 heavy (non-hydrogen) atoms. The van der Waals surface area contributed by atoms with Crippen molar-refractivity contribution in [3.05, 3.63) is 33.8 Å². The van der Waals surface area contributed by atoms with Gasteiger partial charge >= 0.3 is 0 Å². The normalized spacial score (nSPS) is 11.8. The molecule has 78 valence electrons. The zero-order valence-electron chi connectivity index (χ0n) is 8.28. The molecule has 1 aromatic carbocycles. The van der Waals surface area contributed by atoms with E-state index in [-0.39, 0.29) is 5.41 Å². The van der Waals surface area contributed by atoms with Crippen LogP contribution in [-0.2, 0) is 6.42 Å². The highest BCUT2D eigenvalue weighted by Gasteiger charge is 2.18. The molecule has 0 unspecified atom stereocenters. The highest BCUT2D eigenvalue weighted by molar-refractivity contribution is 6.35. The maximum atomic E-state index is 6.07. The van der Waals surface area contributed by atoms with E-state index in [0.29, 0.717) is 10.9 Å². The Kier molecular flexibility index (Phi) is 4.12. The molecule has 0 nitrogen and oxygen atoms in total. The molecule has 0 bridgehead atoms. The van der Waals surface area contributed by atoms with E-state index in [4.69, 9.17) is 34.8 Å². The number of hydrogen-bond donors (Lipinski definition) is 0. The number of halogens is 3. The van der Waals surface area contributed by atoms with Gasteiger partial charge in [0.05, 0.1) is 0 Å². The topological polar surface area (TPSA) is 0 Å². The number of rotatable bonds is 3. The third-order valence-electron chi connectivity index (χ3n) is 2.05. The number of benzene rings is 1. The molecule has 0 saturated heterocycles. The first-order valence-electron chi connectivity index (χ1n) is 4.44. The van der Waals surface area contributed by atoms with Crippen LogP contribution < -0.4 is 0 Å². The maximum Gasteiger partial charge on any atom is 0.0453 e. The standard InChI is InChI=1S/C11H13Cl3/c1-11(2,7-12)6-8-3-4-9(13)5-10(8)14/h3-5H,6-7H2,1-2H3. The van der Waals surface area contributed by atoms with Crippen molar-refractivity contribution < 1.29 is 0 Å². The average molecular weight is 252 g/mol. The second-order valence-corrected chi connectivity index (χ2v) is 5.32. The molecule has 0 saturated carbocycles. The summed E-state index contributed by atoms with van der Waals surface area (Å²) in [5.74, 6) is 0.617. The SMILES string of the molecule is CC(C)(CCl)Cc1ccc(Cl)cc1Cl. The van der Waals surface area contributed by atoms with E-state index < -0.39 is 0 Å². The smallest absolute Gasteiger partial charge is 0.0453 e. The molecule has 0 atom stereocenters. The van der Waals surface area contributed by atoms with Crippen LogP contribution >= 0.6 is 34.8 Å². The summed E-state index contributed by atoms with van der Waals surface area (Å²) in [6, 6.07) is 5.58. The highest BCUT2D eigenvalue weighted by Crippen LogP contribution is 2.29. The summed E-state index contributed by atoms with van der Waals surface area (Å²) in [4.78, 5) is 0. The highest BCUT2D eigenvalue weighted by atomic mass is 35.5.